The van der Waals surface area contributed by atoms with Crippen LogP contribution in [0.25, 0.3) is 0 Å². The predicted molar refractivity (Wildman–Crippen MR) is 71.4 cm³/mol. The van der Waals surface area contributed by atoms with E-state index in [0.717, 1.165) is 6.04 Å². The molecule has 0 aromatic rings. The molecule has 18 heavy (non-hydrogen) atoms. The van der Waals surface area contributed by atoms with Crippen LogP contribution in [0.3, 0.4) is 0 Å². The van der Waals surface area contributed by atoms with E-state index >= 15 is 0 Å². The summed E-state index contributed by atoms with van der Waals surface area (Å²) in [6.45, 7) is 4.49. The van der Waals surface area contributed by atoms with E-state index in [1.54, 1.807) is 0 Å². The number of carbonyl (C=O) groups is 1. The number of piperidine rings is 1. The molecule has 3 rings (SSSR count). The predicted octanol–water partition coefficient (Wildman–Crippen LogP) is 0.870. The zero-order valence-corrected chi connectivity index (χ0v) is 11.3. The Morgan fingerprint density at radius 1 is 1.17 bits per heavy atom. The number of amides is 1. The Bertz CT molecular complexity index is 316. The van der Waals surface area contributed by atoms with Crippen LogP contribution in [0.4, 0.5) is 0 Å². The zero-order chi connectivity index (χ0) is 12.5. The van der Waals surface area contributed by atoms with Gasteiger partial charge in [-0.3, -0.25) is 4.79 Å². The van der Waals surface area contributed by atoms with Gasteiger partial charge in [-0.1, -0.05) is 0 Å². The van der Waals surface area contributed by atoms with E-state index < -0.39 is 0 Å². The molecule has 3 unspecified atom stereocenters. The van der Waals surface area contributed by atoms with Crippen molar-refractivity contribution in [1.82, 2.24) is 15.5 Å². The van der Waals surface area contributed by atoms with Gasteiger partial charge >= 0.3 is 0 Å². The molecule has 2 saturated heterocycles. The van der Waals surface area contributed by atoms with Crippen LogP contribution in [-0.2, 0) is 4.79 Å². The summed E-state index contributed by atoms with van der Waals surface area (Å²) in [5.74, 6) is 0.186. The molecule has 3 fully saturated rings. The van der Waals surface area contributed by atoms with Crippen molar-refractivity contribution in [2.24, 2.45) is 0 Å². The SMILES string of the molecule is CC(NC1CCN2CCCC2C1)C(=O)NC1CC1. The Labute approximate surface area is 109 Å². The largest absolute Gasteiger partial charge is 0.352 e. The van der Waals surface area contributed by atoms with Crippen LogP contribution in [-0.4, -0.2) is 48.1 Å². The first kappa shape index (κ1) is 12.4. The molecular weight excluding hydrogens is 226 g/mol. The van der Waals surface area contributed by atoms with Crippen LogP contribution in [0.5, 0.6) is 0 Å². The van der Waals surface area contributed by atoms with Gasteiger partial charge in [0.1, 0.15) is 0 Å². The molecule has 0 aromatic carbocycles. The standard InChI is InChI=1S/C14H25N3O/c1-10(14(18)16-11-4-5-11)15-12-6-8-17-7-2-3-13(17)9-12/h10-13,15H,2-9H2,1H3,(H,16,18). The lowest BCUT2D eigenvalue weighted by Crippen LogP contribution is -2.52. The summed E-state index contributed by atoms with van der Waals surface area (Å²) in [4.78, 5) is 14.5. The summed E-state index contributed by atoms with van der Waals surface area (Å²) in [5, 5.41) is 6.60. The first-order valence-corrected chi connectivity index (χ1v) is 7.53. The summed E-state index contributed by atoms with van der Waals surface area (Å²) in [5.41, 5.74) is 0. The average Bonchev–Trinajstić information content (AvgIpc) is 3.05. The normalized spacial score (nSPS) is 34.1. The minimum atomic E-state index is -0.0384. The maximum atomic E-state index is 11.9. The number of nitrogens with zero attached hydrogens (tertiary/aromatic N) is 1. The minimum absolute atomic E-state index is 0.0384. The molecule has 0 spiro atoms. The highest BCUT2D eigenvalue weighted by Crippen LogP contribution is 2.27. The molecule has 0 bridgehead atoms. The van der Waals surface area contributed by atoms with Gasteiger partial charge in [0.05, 0.1) is 6.04 Å². The van der Waals surface area contributed by atoms with Gasteiger partial charge < -0.3 is 15.5 Å². The summed E-state index contributed by atoms with van der Waals surface area (Å²) in [6.07, 6.45) is 7.45. The van der Waals surface area contributed by atoms with Crippen LogP contribution in [0.1, 0.15) is 45.4 Å². The quantitative estimate of drug-likeness (QED) is 0.779. The molecule has 1 saturated carbocycles. The van der Waals surface area contributed by atoms with Crippen molar-refractivity contribution in [1.29, 1.82) is 0 Å². The second-order valence-electron chi connectivity index (χ2n) is 6.22. The van der Waals surface area contributed by atoms with E-state index in [1.807, 2.05) is 6.92 Å². The highest BCUT2D eigenvalue weighted by atomic mass is 16.2. The van der Waals surface area contributed by atoms with Crippen LogP contribution >= 0.6 is 0 Å². The first-order chi connectivity index (χ1) is 8.72. The lowest BCUT2D eigenvalue weighted by molar-refractivity contribution is -0.123. The van der Waals surface area contributed by atoms with Crippen molar-refractivity contribution >= 4 is 5.91 Å². The van der Waals surface area contributed by atoms with Crippen molar-refractivity contribution in [2.45, 2.75) is 69.6 Å². The maximum Gasteiger partial charge on any atom is 0.237 e. The first-order valence-electron chi connectivity index (χ1n) is 7.53. The number of carbonyl (C=O) groups excluding carboxylic acids is 1. The van der Waals surface area contributed by atoms with Crippen LogP contribution in [0.2, 0.25) is 0 Å². The Morgan fingerprint density at radius 3 is 2.78 bits per heavy atom. The average molecular weight is 251 g/mol. The third kappa shape index (κ3) is 2.86. The monoisotopic (exact) mass is 251 g/mol. The van der Waals surface area contributed by atoms with Gasteiger partial charge in [-0.25, -0.2) is 0 Å². The molecule has 3 aliphatic rings. The van der Waals surface area contributed by atoms with Gasteiger partial charge in [0.25, 0.3) is 0 Å². The molecule has 2 aliphatic heterocycles. The van der Waals surface area contributed by atoms with Gasteiger partial charge in [-0.2, -0.15) is 0 Å². The molecule has 4 nitrogen and oxygen atoms in total. The Morgan fingerprint density at radius 2 is 2.00 bits per heavy atom. The van der Waals surface area contributed by atoms with Crippen LogP contribution in [0, 0.1) is 0 Å². The van der Waals surface area contributed by atoms with E-state index in [-0.39, 0.29) is 11.9 Å². The van der Waals surface area contributed by atoms with Crippen LogP contribution in [0.15, 0.2) is 0 Å². The summed E-state index contributed by atoms with van der Waals surface area (Å²) in [7, 11) is 0. The molecule has 4 heteroatoms. The summed E-state index contributed by atoms with van der Waals surface area (Å²) >= 11 is 0. The van der Waals surface area contributed by atoms with E-state index in [9.17, 15) is 4.79 Å². The second-order valence-corrected chi connectivity index (χ2v) is 6.22. The van der Waals surface area contributed by atoms with Crippen molar-refractivity contribution in [3.63, 3.8) is 0 Å². The fraction of sp³-hybridized carbons (Fsp3) is 0.929. The van der Waals surface area contributed by atoms with Gasteiger partial charge in [0, 0.05) is 18.1 Å². The fourth-order valence-electron chi connectivity index (χ4n) is 3.36. The van der Waals surface area contributed by atoms with Gasteiger partial charge in [0.15, 0.2) is 0 Å². The third-order valence-corrected chi connectivity index (χ3v) is 4.62. The third-order valence-electron chi connectivity index (χ3n) is 4.62. The smallest absolute Gasteiger partial charge is 0.237 e. The molecule has 1 amide bonds. The number of rotatable bonds is 4. The Kier molecular flexibility index (Phi) is 3.57. The number of hydrogen-bond donors (Lipinski definition) is 2. The number of hydrogen-bond acceptors (Lipinski definition) is 3. The molecule has 0 aromatic heterocycles. The Balaban J connectivity index is 1.45. The molecule has 1 aliphatic carbocycles. The van der Waals surface area contributed by atoms with Gasteiger partial charge in [-0.15, -0.1) is 0 Å². The van der Waals surface area contributed by atoms with Gasteiger partial charge in [0.2, 0.25) is 5.91 Å². The van der Waals surface area contributed by atoms with Crippen molar-refractivity contribution < 1.29 is 4.79 Å². The molecular formula is C14H25N3O. The van der Waals surface area contributed by atoms with E-state index in [1.165, 1.54) is 51.6 Å². The van der Waals surface area contributed by atoms with E-state index in [4.69, 9.17) is 0 Å². The summed E-state index contributed by atoms with van der Waals surface area (Å²) < 4.78 is 0. The highest BCUT2D eigenvalue weighted by molar-refractivity contribution is 5.81. The highest BCUT2D eigenvalue weighted by Gasteiger charge is 2.33. The lowest BCUT2D eigenvalue weighted by Gasteiger charge is -2.36. The van der Waals surface area contributed by atoms with Gasteiger partial charge in [-0.05, 0) is 58.5 Å². The fourth-order valence-corrected chi connectivity index (χ4v) is 3.36. The van der Waals surface area contributed by atoms with E-state index in [2.05, 4.69) is 15.5 Å². The van der Waals surface area contributed by atoms with Crippen molar-refractivity contribution in [3.05, 3.63) is 0 Å². The molecule has 0 radical (unpaired) electrons. The number of nitrogens with one attached hydrogen (secondary N) is 2. The maximum absolute atomic E-state index is 11.9. The summed E-state index contributed by atoms with van der Waals surface area (Å²) in [6, 6.07) is 1.74. The topological polar surface area (TPSA) is 44.4 Å². The van der Waals surface area contributed by atoms with Crippen LogP contribution < -0.4 is 10.6 Å². The van der Waals surface area contributed by atoms with Crippen molar-refractivity contribution in [3.8, 4) is 0 Å². The second kappa shape index (κ2) is 5.17. The minimum Gasteiger partial charge on any atom is -0.352 e. The Hall–Kier alpha value is -0.610. The van der Waals surface area contributed by atoms with Crippen molar-refractivity contribution in [2.75, 3.05) is 13.1 Å². The molecule has 3 atom stereocenters. The molecule has 2 N–H and O–H groups in total. The molecule has 2 heterocycles. The van der Waals surface area contributed by atoms with E-state index in [0.29, 0.717) is 12.1 Å². The lowest BCUT2D eigenvalue weighted by atomic mass is 9.97. The molecule has 102 valence electrons. The zero-order valence-electron chi connectivity index (χ0n) is 11.3. The number of fused-ring (bicyclic) bond motifs is 1.